The Hall–Kier alpha value is -3.41. The quantitative estimate of drug-likeness (QED) is 0.334. The SMILES string of the molecule is CN(C)c1cc(CN2CCCC2)c(O)c2c1CC1C[C@H]3C(N(C)C)C(=O)C(C(N)=O)=C(O)[C@@]3(O)C(=O)C1=C2O. The molecule has 1 heterocycles. The lowest BCUT2D eigenvalue weighted by molar-refractivity contribution is -0.153. The van der Waals surface area contributed by atoms with Gasteiger partial charge in [0.2, 0.25) is 5.78 Å². The molecule has 11 nitrogen and oxygen atoms in total. The van der Waals surface area contributed by atoms with E-state index in [1.54, 1.807) is 14.1 Å². The maximum absolute atomic E-state index is 14.0. The van der Waals surface area contributed by atoms with Crippen molar-refractivity contribution in [2.75, 3.05) is 46.2 Å². The molecule has 1 saturated carbocycles. The highest BCUT2D eigenvalue weighted by Crippen LogP contribution is 2.54. The van der Waals surface area contributed by atoms with Crippen molar-refractivity contribution in [2.45, 2.75) is 43.9 Å². The van der Waals surface area contributed by atoms with Gasteiger partial charge in [-0.2, -0.15) is 0 Å². The highest BCUT2D eigenvalue weighted by molar-refractivity contribution is 6.24. The highest BCUT2D eigenvalue weighted by atomic mass is 16.3. The Bertz CT molecular complexity index is 1340. The molecule has 0 aromatic heterocycles. The number of hydrogen-bond acceptors (Lipinski definition) is 10. The van der Waals surface area contributed by atoms with Gasteiger partial charge in [0.05, 0.1) is 11.6 Å². The van der Waals surface area contributed by atoms with Gasteiger partial charge in [0.1, 0.15) is 22.8 Å². The molecule has 3 aliphatic carbocycles. The Morgan fingerprint density at radius 1 is 1.13 bits per heavy atom. The topological polar surface area (TPSA) is 168 Å². The summed E-state index contributed by atoms with van der Waals surface area (Å²) >= 11 is 0. The Morgan fingerprint density at radius 3 is 2.33 bits per heavy atom. The molecule has 11 heteroatoms. The molecule has 0 spiro atoms. The molecule has 210 valence electrons. The minimum absolute atomic E-state index is 0.0644. The second kappa shape index (κ2) is 9.35. The lowest BCUT2D eigenvalue weighted by atomic mass is 9.57. The average molecular weight is 541 g/mol. The number of hydrogen-bond donors (Lipinski definition) is 5. The summed E-state index contributed by atoms with van der Waals surface area (Å²) < 4.78 is 0. The van der Waals surface area contributed by atoms with E-state index in [0.717, 1.165) is 31.6 Å². The van der Waals surface area contributed by atoms with Gasteiger partial charge in [-0.15, -0.1) is 0 Å². The van der Waals surface area contributed by atoms with Gasteiger partial charge < -0.3 is 31.1 Å². The number of carbonyl (C=O) groups is 3. The smallest absolute Gasteiger partial charge is 0.255 e. The standard InChI is InChI=1S/C28H36N4O7/c1-30(2)17-11-14(12-32-7-5-6-8-32)22(33)19-15(17)9-13-10-16-21(31(3)4)24(35)20(27(29)38)26(37)28(16,39)25(36)18(13)23(19)34/h11,13,16,21,33-34,37,39H,5-10,12H2,1-4H3,(H2,29,38)/t13?,16-,21?,28-/m0/s1. The predicted octanol–water partition coefficient (Wildman–Crippen LogP) is 0.626. The number of anilines is 1. The van der Waals surface area contributed by atoms with E-state index in [1.807, 2.05) is 25.1 Å². The van der Waals surface area contributed by atoms with Crippen molar-refractivity contribution >= 4 is 28.9 Å². The molecule has 1 aliphatic heterocycles. The van der Waals surface area contributed by atoms with Crippen LogP contribution in [0.5, 0.6) is 5.75 Å². The zero-order valence-corrected chi connectivity index (χ0v) is 22.7. The van der Waals surface area contributed by atoms with Crippen molar-refractivity contribution < 1.29 is 34.8 Å². The number of benzene rings is 1. The molecule has 0 radical (unpaired) electrons. The van der Waals surface area contributed by atoms with Crippen LogP contribution in [0.15, 0.2) is 23.0 Å². The van der Waals surface area contributed by atoms with Crippen LogP contribution in [0.2, 0.25) is 0 Å². The lowest BCUT2D eigenvalue weighted by Crippen LogP contribution is -2.65. The fourth-order valence-corrected chi connectivity index (χ4v) is 7.05. The van der Waals surface area contributed by atoms with Crippen LogP contribution in [0.25, 0.3) is 5.76 Å². The van der Waals surface area contributed by atoms with Crippen LogP contribution in [0, 0.1) is 11.8 Å². The third-order valence-electron chi connectivity index (χ3n) is 8.85. The predicted molar refractivity (Wildman–Crippen MR) is 143 cm³/mol. The monoisotopic (exact) mass is 540 g/mol. The Morgan fingerprint density at radius 2 is 1.77 bits per heavy atom. The van der Waals surface area contributed by atoms with Gasteiger partial charge >= 0.3 is 0 Å². The van der Waals surface area contributed by atoms with Crippen molar-refractivity contribution in [3.05, 3.63) is 39.7 Å². The van der Waals surface area contributed by atoms with Gasteiger partial charge in [-0.3, -0.25) is 24.2 Å². The van der Waals surface area contributed by atoms with Gasteiger partial charge in [0, 0.05) is 43.4 Å². The number of aliphatic hydroxyl groups is 3. The summed E-state index contributed by atoms with van der Waals surface area (Å²) in [6, 6.07) is 0.804. The van der Waals surface area contributed by atoms with Crippen LogP contribution in [0.3, 0.4) is 0 Å². The summed E-state index contributed by atoms with van der Waals surface area (Å²) in [4.78, 5) is 45.0. The maximum Gasteiger partial charge on any atom is 0.255 e. The number of likely N-dealkylation sites (tertiary alicyclic amines) is 1. The van der Waals surface area contributed by atoms with E-state index in [2.05, 4.69) is 4.90 Å². The van der Waals surface area contributed by atoms with Crippen molar-refractivity contribution in [1.29, 1.82) is 0 Å². The van der Waals surface area contributed by atoms with Crippen molar-refractivity contribution in [2.24, 2.45) is 17.6 Å². The molecule has 6 N–H and O–H groups in total. The van der Waals surface area contributed by atoms with Crippen molar-refractivity contribution in [1.82, 2.24) is 9.80 Å². The zero-order valence-electron chi connectivity index (χ0n) is 22.7. The first-order valence-corrected chi connectivity index (χ1v) is 13.2. The largest absolute Gasteiger partial charge is 0.508 e. The van der Waals surface area contributed by atoms with Crippen molar-refractivity contribution in [3.63, 3.8) is 0 Å². The first-order chi connectivity index (χ1) is 18.3. The van der Waals surface area contributed by atoms with Crippen molar-refractivity contribution in [3.8, 4) is 5.75 Å². The van der Waals surface area contributed by atoms with Gasteiger partial charge in [0.25, 0.3) is 5.91 Å². The molecule has 5 rings (SSSR count). The Balaban J connectivity index is 1.71. The van der Waals surface area contributed by atoms with Crippen LogP contribution in [0.4, 0.5) is 5.69 Å². The van der Waals surface area contributed by atoms with Crippen LogP contribution < -0.4 is 10.6 Å². The molecule has 1 aromatic carbocycles. The number of fused-ring (bicyclic) bond motifs is 3. The number of phenols is 1. The summed E-state index contributed by atoms with van der Waals surface area (Å²) in [7, 11) is 6.89. The zero-order chi connectivity index (χ0) is 28.5. The molecule has 2 unspecified atom stereocenters. The van der Waals surface area contributed by atoms with Gasteiger partial charge in [-0.05, 0) is 70.4 Å². The minimum Gasteiger partial charge on any atom is -0.508 e. The second-order valence-electron chi connectivity index (χ2n) is 11.6. The number of phenolic OH excluding ortho intramolecular Hbond substituents is 1. The summed E-state index contributed by atoms with van der Waals surface area (Å²) in [6.45, 7) is 2.27. The number of ketones is 2. The molecule has 4 aliphatic rings. The average Bonchev–Trinajstić information content (AvgIpc) is 3.35. The molecular formula is C28H36N4O7. The number of primary amides is 1. The van der Waals surface area contributed by atoms with E-state index in [4.69, 9.17) is 5.73 Å². The number of amides is 1. The van der Waals surface area contributed by atoms with E-state index in [9.17, 15) is 34.8 Å². The van der Waals surface area contributed by atoms with E-state index in [1.165, 1.54) is 4.90 Å². The molecule has 39 heavy (non-hydrogen) atoms. The number of Topliss-reactive ketones (excluding diaryl/α,β-unsaturated/α-hetero) is 2. The lowest BCUT2D eigenvalue weighted by Gasteiger charge is -2.50. The number of nitrogens with two attached hydrogens (primary N) is 1. The highest BCUT2D eigenvalue weighted by Gasteiger charge is 2.64. The molecule has 4 atom stereocenters. The number of aliphatic hydroxyl groups excluding tert-OH is 2. The summed E-state index contributed by atoms with van der Waals surface area (Å²) in [5.74, 6) is -6.39. The van der Waals surface area contributed by atoms with Crippen LogP contribution in [-0.4, -0.2) is 101 Å². The normalized spacial score (nSPS) is 29.0. The number of likely N-dealkylation sites (N-methyl/N-ethyl adjacent to an activating group) is 1. The molecular weight excluding hydrogens is 504 g/mol. The number of carbonyl (C=O) groups excluding carboxylic acids is 3. The third-order valence-corrected chi connectivity index (χ3v) is 8.85. The summed E-state index contributed by atoms with van der Waals surface area (Å²) in [5.41, 5.74) is 3.98. The van der Waals surface area contributed by atoms with Gasteiger partial charge in [-0.25, -0.2) is 0 Å². The molecule has 0 bridgehead atoms. The third kappa shape index (κ3) is 3.86. The number of rotatable bonds is 5. The number of nitrogens with zero attached hydrogens (tertiary/aromatic N) is 3. The van der Waals surface area contributed by atoms with Gasteiger partial charge in [0.15, 0.2) is 11.4 Å². The van der Waals surface area contributed by atoms with E-state index >= 15 is 0 Å². The fraction of sp³-hybridized carbons (Fsp3) is 0.536. The van der Waals surface area contributed by atoms with E-state index < -0.39 is 58.0 Å². The summed E-state index contributed by atoms with van der Waals surface area (Å²) in [6.07, 6.45) is 2.46. The Labute approximate surface area is 226 Å². The first kappa shape index (κ1) is 27.2. The maximum atomic E-state index is 14.0. The minimum atomic E-state index is -2.64. The van der Waals surface area contributed by atoms with Gasteiger partial charge in [-0.1, -0.05) is 0 Å². The first-order valence-electron chi connectivity index (χ1n) is 13.2. The second-order valence-corrected chi connectivity index (χ2v) is 11.6. The number of aromatic hydroxyl groups is 1. The molecule has 1 amide bonds. The summed E-state index contributed by atoms with van der Waals surface area (Å²) in [5, 5.41) is 45.7. The molecule has 1 saturated heterocycles. The fourth-order valence-electron chi connectivity index (χ4n) is 7.05. The van der Waals surface area contributed by atoms with E-state index in [0.29, 0.717) is 17.7 Å². The Kier molecular flexibility index (Phi) is 6.52. The van der Waals surface area contributed by atoms with Crippen LogP contribution in [0.1, 0.15) is 36.0 Å². The van der Waals surface area contributed by atoms with Crippen LogP contribution >= 0.6 is 0 Å². The molecule has 2 fully saturated rings. The van der Waals surface area contributed by atoms with Crippen LogP contribution in [-0.2, 0) is 27.3 Å². The van der Waals surface area contributed by atoms with E-state index in [-0.39, 0.29) is 29.7 Å². The molecule has 1 aromatic rings.